The van der Waals surface area contributed by atoms with E-state index < -0.39 is 6.10 Å². The standard InChI is InChI=1S/C21H25NO3/c1-15-20(17-7-5-4-6-8-17)13-14-22(15)21(23)16(2)25-19-11-9-18(24-3)10-12-19/h4-12,15-16,20H,13-14H2,1-3H3/t15-,16-,20-/m1/s1. The van der Waals surface area contributed by atoms with Crippen LogP contribution < -0.4 is 9.47 Å². The zero-order chi connectivity index (χ0) is 17.8. The monoisotopic (exact) mass is 339 g/mol. The SMILES string of the molecule is COc1ccc(O[C@H](C)C(=O)N2CC[C@@H](c3ccccc3)[C@H]2C)cc1. The van der Waals surface area contributed by atoms with E-state index in [-0.39, 0.29) is 11.9 Å². The summed E-state index contributed by atoms with van der Waals surface area (Å²) >= 11 is 0. The Morgan fingerprint density at radius 1 is 1.08 bits per heavy atom. The van der Waals surface area contributed by atoms with Gasteiger partial charge in [-0.2, -0.15) is 0 Å². The summed E-state index contributed by atoms with van der Waals surface area (Å²) in [5.74, 6) is 1.87. The molecule has 3 rings (SSSR count). The second kappa shape index (κ2) is 7.60. The summed E-state index contributed by atoms with van der Waals surface area (Å²) in [6.45, 7) is 4.72. The van der Waals surface area contributed by atoms with E-state index in [4.69, 9.17) is 9.47 Å². The lowest BCUT2D eigenvalue weighted by molar-refractivity contribution is -0.138. The summed E-state index contributed by atoms with van der Waals surface area (Å²) < 4.78 is 11.0. The number of ether oxygens (including phenoxy) is 2. The average molecular weight is 339 g/mol. The van der Waals surface area contributed by atoms with Gasteiger partial charge in [-0.3, -0.25) is 4.79 Å². The smallest absolute Gasteiger partial charge is 0.263 e. The van der Waals surface area contributed by atoms with Crippen molar-refractivity contribution in [2.45, 2.75) is 38.3 Å². The van der Waals surface area contributed by atoms with E-state index in [0.29, 0.717) is 11.7 Å². The maximum Gasteiger partial charge on any atom is 0.263 e. The number of hydrogen-bond donors (Lipinski definition) is 0. The predicted octanol–water partition coefficient (Wildman–Crippen LogP) is 3.87. The van der Waals surface area contributed by atoms with Crippen molar-refractivity contribution in [3.63, 3.8) is 0 Å². The minimum Gasteiger partial charge on any atom is -0.497 e. The molecule has 4 nitrogen and oxygen atoms in total. The van der Waals surface area contributed by atoms with Crippen LogP contribution in [0.15, 0.2) is 54.6 Å². The Hall–Kier alpha value is -2.49. The van der Waals surface area contributed by atoms with E-state index in [1.54, 1.807) is 7.11 Å². The van der Waals surface area contributed by atoms with Gasteiger partial charge in [0.1, 0.15) is 11.5 Å². The minimum atomic E-state index is -0.509. The highest BCUT2D eigenvalue weighted by atomic mass is 16.5. The molecule has 0 bridgehead atoms. The molecule has 0 aromatic heterocycles. The van der Waals surface area contributed by atoms with Gasteiger partial charge in [0.15, 0.2) is 6.10 Å². The highest BCUT2D eigenvalue weighted by Gasteiger charge is 2.36. The fraction of sp³-hybridized carbons (Fsp3) is 0.381. The summed E-state index contributed by atoms with van der Waals surface area (Å²) in [5, 5.41) is 0. The first kappa shape index (κ1) is 17.3. The zero-order valence-electron chi connectivity index (χ0n) is 15.0. The van der Waals surface area contributed by atoms with Crippen molar-refractivity contribution in [3.05, 3.63) is 60.2 Å². The molecule has 1 amide bonds. The lowest BCUT2D eigenvalue weighted by Crippen LogP contribution is -2.43. The van der Waals surface area contributed by atoms with Crippen LogP contribution >= 0.6 is 0 Å². The van der Waals surface area contributed by atoms with E-state index in [9.17, 15) is 4.79 Å². The molecule has 2 aromatic rings. The molecule has 0 radical (unpaired) electrons. The molecule has 25 heavy (non-hydrogen) atoms. The van der Waals surface area contributed by atoms with Gasteiger partial charge in [-0.25, -0.2) is 0 Å². The summed E-state index contributed by atoms with van der Waals surface area (Å²) in [4.78, 5) is 14.8. The second-order valence-electron chi connectivity index (χ2n) is 6.51. The summed E-state index contributed by atoms with van der Waals surface area (Å²) in [6, 6.07) is 17.9. The van der Waals surface area contributed by atoms with Gasteiger partial charge in [0.05, 0.1) is 7.11 Å². The Balaban J connectivity index is 1.64. The summed E-state index contributed by atoms with van der Waals surface area (Å²) in [6.07, 6.45) is 0.483. The van der Waals surface area contributed by atoms with E-state index in [0.717, 1.165) is 18.7 Å². The molecule has 4 heteroatoms. The van der Waals surface area contributed by atoms with Crippen molar-refractivity contribution in [3.8, 4) is 11.5 Å². The maximum absolute atomic E-state index is 12.8. The van der Waals surface area contributed by atoms with Gasteiger partial charge in [0.2, 0.25) is 0 Å². The van der Waals surface area contributed by atoms with Crippen LogP contribution in [0.3, 0.4) is 0 Å². The number of carbonyl (C=O) groups excluding carboxylic acids is 1. The van der Waals surface area contributed by atoms with E-state index >= 15 is 0 Å². The van der Waals surface area contributed by atoms with Crippen LogP contribution in [0, 0.1) is 0 Å². The average Bonchev–Trinajstić information content (AvgIpc) is 3.03. The number of carbonyl (C=O) groups is 1. The van der Waals surface area contributed by atoms with Crippen LogP contribution in [-0.4, -0.2) is 36.6 Å². The van der Waals surface area contributed by atoms with E-state index in [1.165, 1.54) is 5.56 Å². The summed E-state index contributed by atoms with van der Waals surface area (Å²) in [7, 11) is 1.62. The molecule has 132 valence electrons. The van der Waals surface area contributed by atoms with Crippen LogP contribution in [0.1, 0.15) is 31.7 Å². The van der Waals surface area contributed by atoms with Gasteiger partial charge < -0.3 is 14.4 Å². The largest absolute Gasteiger partial charge is 0.497 e. The number of benzene rings is 2. The molecule has 0 aliphatic carbocycles. The first-order chi connectivity index (χ1) is 12.1. The van der Waals surface area contributed by atoms with Crippen molar-refractivity contribution < 1.29 is 14.3 Å². The molecule has 0 saturated carbocycles. The van der Waals surface area contributed by atoms with Crippen molar-refractivity contribution in [2.75, 3.05) is 13.7 Å². The molecule has 1 aliphatic heterocycles. The third-order valence-corrected chi connectivity index (χ3v) is 4.99. The van der Waals surface area contributed by atoms with Crippen molar-refractivity contribution in [1.29, 1.82) is 0 Å². The van der Waals surface area contributed by atoms with Crippen LogP contribution in [0.25, 0.3) is 0 Å². The van der Waals surface area contributed by atoms with Crippen molar-refractivity contribution >= 4 is 5.91 Å². The first-order valence-corrected chi connectivity index (χ1v) is 8.76. The van der Waals surface area contributed by atoms with Crippen molar-refractivity contribution in [1.82, 2.24) is 4.90 Å². The van der Waals surface area contributed by atoms with Gasteiger partial charge in [-0.05, 0) is 50.1 Å². The quantitative estimate of drug-likeness (QED) is 0.830. The highest BCUT2D eigenvalue weighted by Crippen LogP contribution is 2.33. The molecule has 1 saturated heterocycles. The number of amides is 1. The van der Waals surface area contributed by atoms with Crippen molar-refractivity contribution in [2.24, 2.45) is 0 Å². The fourth-order valence-corrected chi connectivity index (χ4v) is 3.54. The Morgan fingerprint density at radius 2 is 1.72 bits per heavy atom. The highest BCUT2D eigenvalue weighted by molar-refractivity contribution is 5.81. The molecule has 0 N–H and O–H groups in total. The normalized spacial score (nSPS) is 21.0. The third kappa shape index (κ3) is 3.78. The van der Waals surface area contributed by atoms with Gasteiger partial charge in [-0.1, -0.05) is 30.3 Å². The third-order valence-electron chi connectivity index (χ3n) is 4.99. The Kier molecular flexibility index (Phi) is 5.27. The second-order valence-corrected chi connectivity index (χ2v) is 6.51. The Morgan fingerprint density at radius 3 is 2.36 bits per heavy atom. The lowest BCUT2D eigenvalue weighted by Gasteiger charge is -2.28. The van der Waals surface area contributed by atoms with E-state index in [2.05, 4.69) is 31.2 Å². The maximum atomic E-state index is 12.8. The first-order valence-electron chi connectivity index (χ1n) is 8.76. The number of rotatable bonds is 5. The van der Waals surface area contributed by atoms with Crippen LogP contribution in [0.4, 0.5) is 0 Å². The molecule has 0 unspecified atom stereocenters. The van der Waals surface area contributed by atoms with E-state index in [1.807, 2.05) is 42.2 Å². The predicted molar refractivity (Wildman–Crippen MR) is 98.1 cm³/mol. The zero-order valence-corrected chi connectivity index (χ0v) is 15.0. The van der Waals surface area contributed by atoms with Gasteiger partial charge in [-0.15, -0.1) is 0 Å². The minimum absolute atomic E-state index is 0.0433. The fourth-order valence-electron chi connectivity index (χ4n) is 3.54. The molecular formula is C21H25NO3. The number of likely N-dealkylation sites (tertiary alicyclic amines) is 1. The number of hydrogen-bond acceptors (Lipinski definition) is 3. The lowest BCUT2D eigenvalue weighted by atomic mass is 9.93. The molecule has 1 heterocycles. The van der Waals surface area contributed by atoms with Gasteiger partial charge in [0.25, 0.3) is 5.91 Å². The Bertz CT molecular complexity index is 699. The molecule has 1 fully saturated rings. The summed E-state index contributed by atoms with van der Waals surface area (Å²) in [5.41, 5.74) is 1.30. The Labute approximate surface area is 149 Å². The van der Waals surface area contributed by atoms with Gasteiger partial charge in [0, 0.05) is 18.5 Å². The van der Waals surface area contributed by atoms with Crippen LogP contribution in [-0.2, 0) is 4.79 Å². The van der Waals surface area contributed by atoms with Gasteiger partial charge >= 0.3 is 0 Å². The molecule has 1 aliphatic rings. The molecule has 0 spiro atoms. The topological polar surface area (TPSA) is 38.8 Å². The number of methoxy groups -OCH3 is 1. The molecule has 3 atom stereocenters. The molecular weight excluding hydrogens is 314 g/mol. The van der Waals surface area contributed by atoms with Crippen LogP contribution in [0.2, 0.25) is 0 Å². The number of nitrogens with zero attached hydrogens (tertiary/aromatic N) is 1. The van der Waals surface area contributed by atoms with Crippen LogP contribution in [0.5, 0.6) is 11.5 Å². The molecule has 2 aromatic carbocycles.